The molecule has 2 heterocycles. The summed E-state index contributed by atoms with van der Waals surface area (Å²) in [5.41, 5.74) is 4.17. The molecule has 1 saturated heterocycles. The second-order valence-corrected chi connectivity index (χ2v) is 6.90. The summed E-state index contributed by atoms with van der Waals surface area (Å²) in [7, 11) is 0. The highest BCUT2D eigenvalue weighted by atomic mass is 35.5. The number of aromatic nitrogens is 1. The number of hydrogen-bond acceptors (Lipinski definition) is 2. The maximum absolute atomic E-state index is 11.4. The van der Waals surface area contributed by atoms with E-state index in [0.717, 1.165) is 46.7 Å². The van der Waals surface area contributed by atoms with Crippen molar-refractivity contribution in [2.45, 2.75) is 18.9 Å². The summed E-state index contributed by atoms with van der Waals surface area (Å²) in [4.78, 5) is 27.1. The molecule has 0 bridgehead atoms. The van der Waals surface area contributed by atoms with Crippen molar-refractivity contribution >= 4 is 34.9 Å². The smallest absolute Gasteiger partial charge is 0.407 e. The highest BCUT2D eigenvalue weighted by molar-refractivity contribution is 6.34. The van der Waals surface area contributed by atoms with Crippen LogP contribution >= 0.6 is 11.6 Å². The minimum absolute atomic E-state index is 0.0918. The SMILES string of the molecule is O=Cc1c[nH]c2cc(Cl)c(-c3ccc(C4CCCN4C(=O)O)cc3)cc12. The fraction of sp³-hybridized carbons (Fsp3) is 0.200. The number of halogens is 1. The molecule has 1 unspecified atom stereocenters. The van der Waals surface area contributed by atoms with Gasteiger partial charge in [-0.3, -0.25) is 4.79 Å². The number of carboxylic acid groups (broad SMARTS) is 1. The van der Waals surface area contributed by atoms with Crippen LogP contribution in [0.25, 0.3) is 22.0 Å². The van der Waals surface area contributed by atoms with E-state index in [-0.39, 0.29) is 6.04 Å². The third-order valence-corrected chi connectivity index (χ3v) is 5.35. The van der Waals surface area contributed by atoms with E-state index in [9.17, 15) is 14.7 Å². The van der Waals surface area contributed by atoms with Crippen molar-refractivity contribution in [2.24, 2.45) is 0 Å². The van der Waals surface area contributed by atoms with Gasteiger partial charge in [0.05, 0.1) is 11.1 Å². The molecule has 26 heavy (non-hydrogen) atoms. The molecule has 0 radical (unpaired) electrons. The van der Waals surface area contributed by atoms with Gasteiger partial charge in [0, 0.05) is 34.8 Å². The largest absolute Gasteiger partial charge is 0.465 e. The van der Waals surface area contributed by atoms with Crippen molar-refractivity contribution in [1.82, 2.24) is 9.88 Å². The van der Waals surface area contributed by atoms with Crippen molar-refractivity contribution in [3.05, 3.63) is 58.7 Å². The van der Waals surface area contributed by atoms with Crippen molar-refractivity contribution in [2.75, 3.05) is 6.54 Å². The predicted molar refractivity (Wildman–Crippen MR) is 101 cm³/mol. The first-order valence-corrected chi connectivity index (χ1v) is 8.82. The monoisotopic (exact) mass is 368 g/mol. The van der Waals surface area contributed by atoms with E-state index in [1.807, 2.05) is 36.4 Å². The molecule has 6 heteroatoms. The van der Waals surface area contributed by atoms with E-state index in [0.29, 0.717) is 17.1 Å². The summed E-state index contributed by atoms with van der Waals surface area (Å²) >= 11 is 6.43. The highest BCUT2D eigenvalue weighted by Crippen LogP contribution is 2.36. The molecule has 1 aromatic heterocycles. The van der Waals surface area contributed by atoms with Gasteiger partial charge in [-0.1, -0.05) is 35.9 Å². The van der Waals surface area contributed by atoms with Gasteiger partial charge in [0.2, 0.25) is 0 Å². The molecule has 4 rings (SSSR count). The molecule has 5 nitrogen and oxygen atoms in total. The van der Waals surface area contributed by atoms with Gasteiger partial charge in [-0.05, 0) is 36.1 Å². The van der Waals surface area contributed by atoms with Crippen LogP contribution in [0.1, 0.15) is 34.8 Å². The zero-order chi connectivity index (χ0) is 18.3. The zero-order valence-electron chi connectivity index (χ0n) is 13.9. The summed E-state index contributed by atoms with van der Waals surface area (Å²) in [5.74, 6) is 0. The number of aldehydes is 1. The lowest BCUT2D eigenvalue weighted by atomic mass is 9.98. The summed E-state index contributed by atoms with van der Waals surface area (Å²) < 4.78 is 0. The molecule has 1 atom stereocenters. The number of hydrogen-bond donors (Lipinski definition) is 2. The fourth-order valence-corrected chi connectivity index (χ4v) is 3.98. The molecule has 3 aromatic rings. The Morgan fingerprint density at radius 3 is 2.73 bits per heavy atom. The maximum Gasteiger partial charge on any atom is 0.407 e. The van der Waals surface area contributed by atoms with Crippen molar-refractivity contribution in [3.63, 3.8) is 0 Å². The molecule has 0 aliphatic carbocycles. The molecule has 1 fully saturated rings. The normalized spacial score (nSPS) is 17.0. The van der Waals surface area contributed by atoms with Crippen LogP contribution in [0, 0.1) is 0 Å². The topological polar surface area (TPSA) is 73.4 Å². The number of fused-ring (bicyclic) bond motifs is 1. The number of nitrogens with one attached hydrogen (secondary N) is 1. The first-order valence-electron chi connectivity index (χ1n) is 8.44. The number of carbonyl (C=O) groups is 2. The number of benzene rings is 2. The number of rotatable bonds is 3. The summed E-state index contributed by atoms with van der Waals surface area (Å²) in [6.07, 6.45) is 3.33. The molecule has 1 amide bonds. The lowest BCUT2D eigenvalue weighted by Crippen LogP contribution is -2.28. The summed E-state index contributed by atoms with van der Waals surface area (Å²) in [6.45, 7) is 0.576. The van der Waals surface area contributed by atoms with E-state index in [4.69, 9.17) is 11.6 Å². The Balaban J connectivity index is 1.71. The average molecular weight is 369 g/mol. The van der Waals surface area contributed by atoms with Crippen LogP contribution in [0.5, 0.6) is 0 Å². The summed E-state index contributed by atoms with van der Waals surface area (Å²) in [6, 6.07) is 11.5. The minimum atomic E-state index is -0.876. The Kier molecular flexibility index (Phi) is 4.17. The first kappa shape index (κ1) is 16.7. The molecule has 1 aliphatic heterocycles. The van der Waals surface area contributed by atoms with Crippen LogP contribution in [-0.2, 0) is 0 Å². The number of amides is 1. The van der Waals surface area contributed by atoms with Crippen molar-refractivity contribution in [3.8, 4) is 11.1 Å². The first-order chi connectivity index (χ1) is 12.6. The van der Waals surface area contributed by atoms with Crippen molar-refractivity contribution < 1.29 is 14.7 Å². The van der Waals surface area contributed by atoms with Crippen LogP contribution in [0.3, 0.4) is 0 Å². The molecular weight excluding hydrogens is 352 g/mol. The Morgan fingerprint density at radius 1 is 1.27 bits per heavy atom. The predicted octanol–water partition coefficient (Wildman–Crippen LogP) is 5.12. The maximum atomic E-state index is 11.4. The van der Waals surface area contributed by atoms with Crippen LogP contribution in [0.4, 0.5) is 4.79 Å². The second kappa shape index (κ2) is 6.50. The molecule has 0 spiro atoms. The van der Waals surface area contributed by atoms with Crippen molar-refractivity contribution in [1.29, 1.82) is 0 Å². The molecule has 0 saturated carbocycles. The molecule has 2 N–H and O–H groups in total. The number of H-pyrrole nitrogens is 1. The van der Waals surface area contributed by atoms with Crippen LogP contribution in [0.15, 0.2) is 42.6 Å². The van der Waals surface area contributed by atoms with Gasteiger partial charge in [0.25, 0.3) is 0 Å². The van der Waals surface area contributed by atoms with E-state index >= 15 is 0 Å². The Labute approximate surface area is 155 Å². The van der Waals surface area contributed by atoms with Gasteiger partial charge >= 0.3 is 6.09 Å². The van der Waals surface area contributed by atoms with Gasteiger partial charge in [0.1, 0.15) is 0 Å². The standard InChI is InChI=1S/C20H17ClN2O3/c21-17-9-18-16(14(11-24)10-22-18)8-15(17)12-3-5-13(6-4-12)19-2-1-7-23(19)20(25)26/h3-6,8-11,19,22H,1-2,7H2,(H,25,26). The molecule has 1 aliphatic rings. The third-order valence-electron chi connectivity index (χ3n) is 5.03. The Hall–Kier alpha value is -2.79. The van der Waals surface area contributed by atoms with Crippen LogP contribution in [0.2, 0.25) is 5.02 Å². The second-order valence-electron chi connectivity index (χ2n) is 6.50. The van der Waals surface area contributed by atoms with Crippen LogP contribution in [-0.4, -0.2) is 33.9 Å². The number of aromatic amines is 1. The number of carbonyl (C=O) groups excluding carboxylic acids is 1. The van der Waals surface area contributed by atoms with Gasteiger partial charge in [-0.2, -0.15) is 0 Å². The number of nitrogens with zero attached hydrogens (tertiary/aromatic N) is 1. The average Bonchev–Trinajstić information content (AvgIpc) is 3.27. The fourth-order valence-electron chi connectivity index (χ4n) is 3.71. The third kappa shape index (κ3) is 2.74. The molecule has 2 aromatic carbocycles. The lowest BCUT2D eigenvalue weighted by Gasteiger charge is -2.22. The zero-order valence-corrected chi connectivity index (χ0v) is 14.7. The summed E-state index contributed by atoms with van der Waals surface area (Å²) in [5, 5.41) is 10.7. The Morgan fingerprint density at radius 2 is 2.04 bits per heavy atom. The van der Waals surface area contributed by atoms with Gasteiger partial charge in [-0.15, -0.1) is 0 Å². The van der Waals surface area contributed by atoms with E-state index < -0.39 is 6.09 Å². The van der Waals surface area contributed by atoms with E-state index in [2.05, 4.69) is 4.98 Å². The minimum Gasteiger partial charge on any atom is -0.465 e. The van der Waals surface area contributed by atoms with Crippen LogP contribution < -0.4 is 0 Å². The van der Waals surface area contributed by atoms with Gasteiger partial charge < -0.3 is 15.0 Å². The van der Waals surface area contributed by atoms with E-state index in [1.165, 1.54) is 4.90 Å². The lowest BCUT2D eigenvalue weighted by molar-refractivity contribution is 0.112. The quantitative estimate of drug-likeness (QED) is 0.630. The van der Waals surface area contributed by atoms with Gasteiger partial charge in [-0.25, -0.2) is 4.79 Å². The van der Waals surface area contributed by atoms with E-state index in [1.54, 1.807) is 6.20 Å². The highest BCUT2D eigenvalue weighted by Gasteiger charge is 2.29. The Bertz CT molecular complexity index is 994. The number of likely N-dealkylation sites (tertiary alicyclic amines) is 1. The molecular formula is C20H17ClN2O3. The van der Waals surface area contributed by atoms with Gasteiger partial charge in [0.15, 0.2) is 6.29 Å². The molecule has 132 valence electrons.